The average Bonchev–Trinajstić information content (AvgIpc) is 2.85. The number of carbonyl (C=O) groups is 1. The van der Waals surface area contributed by atoms with Crippen molar-refractivity contribution in [1.82, 2.24) is 0 Å². The van der Waals surface area contributed by atoms with Crippen molar-refractivity contribution in [2.75, 3.05) is 0 Å². The second-order valence-corrected chi connectivity index (χ2v) is 10.1. The van der Waals surface area contributed by atoms with Crippen LogP contribution < -0.4 is 4.74 Å². The van der Waals surface area contributed by atoms with Crippen molar-refractivity contribution in [1.29, 1.82) is 0 Å². The van der Waals surface area contributed by atoms with Gasteiger partial charge in [-0.05, 0) is 29.3 Å². The Hall–Kier alpha value is -1.83. The molecule has 0 amide bonds. The molecule has 0 aliphatic rings. The first kappa shape index (κ1) is 28.4. The van der Waals surface area contributed by atoms with Crippen LogP contribution in [0, 0.1) is 0 Å². The van der Waals surface area contributed by atoms with Gasteiger partial charge in [0.2, 0.25) is 0 Å². The smallest absolute Gasteiger partial charge is 0.311 e. The first-order valence-electron chi connectivity index (χ1n) is 14.5. The molecule has 0 spiro atoms. The summed E-state index contributed by atoms with van der Waals surface area (Å²) in [5, 5.41) is 2.28. The standard InChI is InChI=1S/C32H50O2/c1-2-3-4-5-6-7-8-9-10-11-12-13-14-15-16-17-18-19-20-25-32(33)34-31-27-26-29-23-21-22-24-30(29)28-31/h21-24,26-28H,2-20,25H2,1H3. The lowest BCUT2D eigenvalue weighted by atomic mass is 10.0. The Morgan fingerprint density at radius 2 is 1.00 bits per heavy atom. The molecule has 0 heterocycles. The summed E-state index contributed by atoms with van der Waals surface area (Å²) < 4.78 is 5.52. The lowest BCUT2D eigenvalue weighted by molar-refractivity contribution is -0.134. The summed E-state index contributed by atoms with van der Waals surface area (Å²) in [5.74, 6) is 0.545. The molecular formula is C32H50O2. The normalized spacial score (nSPS) is 11.2. The summed E-state index contributed by atoms with van der Waals surface area (Å²) in [6.45, 7) is 2.29. The van der Waals surface area contributed by atoms with E-state index in [0.29, 0.717) is 12.2 Å². The van der Waals surface area contributed by atoms with Gasteiger partial charge in [-0.2, -0.15) is 0 Å². The van der Waals surface area contributed by atoms with Crippen molar-refractivity contribution >= 4 is 16.7 Å². The molecule has 0 unspecified atom stereocenters. The molecule has 0 saturated heterocycles. The topological polar surface area (TPSA) is 26.3 Å². The van der Waals surface area contributed by atoms with Crippen LogP contribution >= 0.6 is 0 Å². The Labute approximate surface area is 209 Å². The lowest BCUT2D eigenvalue weighted by Gasteiger charge is -2.06. The highest BCUT2D eigenvalue weighted by Gasteiger charge is 2.05. The van der Waals surface area contributed by atoms with Crippen LogP contribution in [0.3, 0.4) is 0 Å². The molecule has 2 aromatic carbocycles. The van der Waals surface area contributed by atoms with Crippen LogP contribution in [-0.4, -0.2) is 5.97 Å². The highest BCUT2D eigenvalue weighted by molar-refractivity contribution is 5.84. The zero-order chi connectivity index (χ0) is 24.1. The Kier molecular flexibility index (Phi) is 16.3. The fourth-order valence-corrected chi connectivity index (χ4v) is 4.76. The maximum absolute atomic E-state index is 12.1. The van der Waals surface area contributed by atoms with Gasteiger partial charge in [0.1, 0.15) is 5.75 Å². The number of hydrogen-bond acceptors (Lipinski definition) is 2. The third-order valence-corrected chi connectivity index (χ3v) is 6.94. The predicted octanol–water partition coefficient (Wildman–Crippen LogP) is 10.6. The Bertz CT molecular complexity index is 766. The molecule has 2 rings (SSSR count). The number of benzene rings is 2. The van der Waals surface area contributed by atoms with Crippen molar-refractivity contribution < 1.29 is 9.53 Å². The summed E-state index contributed by atoms with van der Waals surface area (Å²) in [6.07, 6.45) is 26.4. The molecule has 2 nitrogen and oxygen atoms in total. The monoisotopic (exact) mass is 466 g/mol. The number of esters is 1. The highest BCUT2D eigenvalue weighted by Crippen LogP contribution is 2.21. The molecule has 190 valence electrons. The van der Waals surface area contributed by atoms with Crippen molar-refractivity contribution in [3.8, 4) is 5.75 Å². The first-order valence-corrected chi connectivity index (χ1v) is 14.5. The maximum atomic E-state index is 12.1. The van der Waals surface area contributed by atoms with Gasteiger partial charge in [-0.15, -0.1) is 0 Å². The van der Waals surface area contributed by atoms with Crippen LogP contribution in [0.5, 0.6) is 5.75 Å². The molecule has 0 aliphatic heterocycles. The molecule has 0 N–H and O–H groups in total. The van der Waals surface area contributed by atoms with Crippen LogP contribution in [0.1, 0.15) is 135 Å². The van der Waals surface area contributed by atoms with E-state index >= 15 is 0 Å². The largest absolute Gasteiger partial charge is 0.427 e. The zero-order valence-electron chi connectivity index (χ0n) is 22.0. The first-order chi connectivity index (χ1) is 16.8. The number of hydrogen-bond donors (Lipinski definition) is 0. The number of rotatable bonds is 21. The van der Waals surface area contributed by atoms with Crippen LogP contribution in [0.2, 0.25) is 0 Å². The summed E-state index contributed by atoms with van der Waals surface area (Å²) in [4.78, 5) is 12.1. The number of carbonyl (C=O) groups excluding carboxylic acids is 1. The fraction of sp³-hybridized carbons (Fsp3) is 0.656. The summed E-state index contributed by atoms with van der Waals surface area (Å²) in [5.41, 5.74) is 0. The van der Waals surface area contributed by atoms with Crippen molar-refractivity contribution in [3.63, 3.8) is 0 Å². The molecule has 0 bridgehead atoms. The predicted molar refractivity (Wildman–Crippen MR) is 148 cm³/mol. The van der Waals surface area contributed by atoms with E-state index in [1.165, 1.54) is 115 Å². The number of fused-ring (bicyclic) bond motifs is 1. The Morgan fingerprint density at radius 1 is 0.559 bits per heavy atom. The summed E-state index contributed by atoms with van der Waals surface area (Å²) in [7, 11) is 0. The minimum Gasteiger partial charge on any atom is -0.427 e. The fourth-order valence-electron chi connectivity index (χ4n) is 4.76. The third kappa shape index (κ3) is 13.8. The molecule has 34 heavy (non-hydrogen) atoms. The van der Waals surface area contributed by atoms with E-state index in [4.69, 9.17) is 4.74 Å². The van der Waals surface area contributed by atoms with Crippen molar-refractivity contribution in [2.45, 2.75) is 135 Å². The molecule has 2 heteroatoms. The molecule has 0 radical (unpaired) electrons. The zero-order valence-corrected chi connectivity index (χ0v) is 22.0. The molecule has 0 atom stereocenters. The van der Waals surface area contributed by atoms with E-state index in [1.54, 1.807) is 0 Å². The van der Waals surface area contributed by atoms with Crippen LogP contribution in [0.4, 0.5) is 0 Å². The van der Waals surface area contributed by atoms with Crippen molar-refractivity contribution in [3.05, 3.63) is 42.5 Å². The van der Waals surface area contributed by atoms with Gasteiger partial charge in [-0.1, -0.05) is 153 Å². The van der Waals surface area contributed by atoms with Gasteiger partial charge in [0.05, 0.1) is 0 Å². The number of ether oxygens (including phenoxy) is 1. The quantitative estimate of drug-likeness (QED) is 0.104. The van der Waals surface area contributed by atoms with E-state index < -0.39 is 0 Å². The van der Waals surface area contributed by atoms with Gasteiger partial charge in [0, 0.05) is 6.42 Å². The van der Waals surface area contributed by atoms with E-state index in [1.807, 2.05) is 36.4 Å². The van der Waals surface area contributed by atoms with Gasteiger partial charge in [0.15, 0.2) is 0 Å². The van der Waals surface area contributed by atoms with Gasteiger partial charge >= 0.3 is 5.97 Å². The minimum absolute atomic E-state index is 0.109. The molecule has 0 fully saturated rings. The summed E-state index contributed by atoms with van der Waals surface area (Å²) in [6, 6.07) is 14.0. The molecule has 0 saturated carbocycles. The van der Waals surface area contributed by atoms with E-state index in [9.17, 15) is 4.79 Å². The highest BCUT2D eigenvalue weighted by atomic mass is 16.5. The second kappa shape index (κ2) is 19.5. The van der Waals surface area contributed by atoms with E-state index in [-0.39, 0.29) is 5.97 Å². The van der Waals surface area contributed by atoms with E-state index in [2.05, 4.69) is 13.0 Å². The van der Waals surface area contributed by atoms with Gasteiger partial charge in [-0.25, -0.2) is 0 Å². The SMILES string of the molecule is CCCCCCCCCCCCCCCCCCCCCC(=O)Oc1ccc2ccccc2c1. The maximum Gasteiger partial charge on any atom is 0.311 e. The van der Waals surface area contributed by atoms with Gasteiger partial charge in [0.25, 0.3) is 0 Å². The van der Waals surface area contributed by atoms with Gasteiger partial charge < -0.3 is 4.74 Å². The Morgan fingerprint density at radius 3 is 1.50 bits per heavy atom. The molecule has 0 aromatic heterocycles. The second-order valence-electron chi connectivity index (χ2n) is 10.1. The molecule has 2 aromatic rings. The lowest BCUT2D eigenvalue weighted by Crippen LogP contribution is -2.07. The van der Waals surface area contributed by atoms with Crippen LogP contribution in [-0.2, 0) is 4.79 Å². The molecular weight excluding hydrogens is 416 g/mol. The third-order valence-electron chi connectivity index (χ3n) is 6.94. The van der Waals surface area contributed by atoms with Crippen LogP contribution in [0.25, 0.3) is 10.8 Å². The number of unbranched alkanes of at least 4 members (excludes halogenated alkanes) is 18. The minimum atomic E-state index is -0.109. The Balaban J connectivity index is 1.31. The summed E-state index contributed by atoms with van der Waals surface area (Å²) >= 11 is 0. The van der Waals surface area contributed by atoms with Crippen molar-refractivity contribution in [2.24, 2.45) is 0 Å². The van der Waals surface area contributed by atoms with Crippen LogP contribution in [0.15, 0.2) is 42.5 Å². The average molecular weight is 467 g/mol. The van der Waals surface area contributed by atoms with Gasteiger partial charge in [-0.3, -0.25) is 4.79 Å². The molecule has 0 aliphatic carbocycles. The van der Waals surface area contributed by atoms with E-state index in [0.717, 1.165) is 18.2 Å².